The smallest absolute Gasteiger partial charge is 0.244 e. The van der Waals surface area contributed by atoms with Crippen LogP contribution in [0.3, 0.4) is 0 Å². The van der Waals surface area contributed by atoms with E-state index >= 15 is 0 Å². The molecular formula is C23H19N5O3S. The van der Waals surface area contributed by atoms with Gasteiger partial charge in [0.2, 0.25) is 17.6 Å². The van der Waals surface area contributed by atoms with Crippen molar-refractivity contribution < 1.29 is 14.0 Å². The second-order valence-electron chi connectivity index (χ2n) is 7.20. The van der Waals surface area contributed by atoms with Gasteiger partial charge in [-0.1, -0.05) is 42.1 Å². The molecule has 1 N–H and O–H groups in total. The summed E-state index contributed by atoms with van der Waals surface area (Å²) in [4.78, 5) is 27.0. The first kappa shape index (κ1) is 20.1. The molecule has 0 spiro atoms. The molecule has 1 aliphatic rings. The van der Waals surface area contributed by atoms with E-state index in [1.165, 1.54) is 16.7 Å². The molecule has 1 aliphatic heterocycles. The van der Waals surface area contributed by atoms with Gasteiger partial charge >= 0.3 is 0 Å². The van der Waals surface area contributed by atoms with E-state index in [2.05, 4.69) is 15.5 Å². The largest absolute Gasteiger partial charge is 0.461 e. The summed E-state index contributed by atoms with van der Waals surface area (Å²) in [6.45, 7) is 1.78. The van der Waals surface area contributed by atoms with Crippen molar-refractivity contribution in [3.05, 3.63) is 73.0 Å². The lowest BCUT2D eigenvalue weighted by Crippen LogP contribution is -2.45. The number of furan rings is 1. The first-order valence-electron chi connectivity index (χ1n) is 10.0. The third kappa shape index (κ3) is 3.67. The Bertz CT molecular complexity index is 1270. The number of nitrogens with one attached hydrogen (secondary N) is 1. The van der Waals surface area contributed by atoms with Gasteiger partial charge in [-0.05, 0) is 43.3 Å². The number of para-hydroxylation sites is 3. The Morgan fingerprint density at radius 3 is 2.62 bits per heavy atom. The van der Waals surface area contributed by atoms with Gasteiger partial charge in [-0.3, -0.25) is 19.1 Å². The second kappa shape index (κ2) is 8.35. The van der Waals surface area contributed by atoms with Crippen molar-refractivity contribution in [3.63, 3.8) is 0 Å². The zero-order valence-electron chi connectivity index (χ0n) is 17.1. The van der Waals surface area contributed by atoms with Gasteiger partial charge in [0.05, 0.1) is 22.9 Å². The van der Waals surface area contributed by atoms with Crippen molar-refractivity contribution >= 4 is 35.0 Å². The van der Waals surface area contributed by atoms with Crippen LogP contribution in [0.2, 0.25) is 0 Å². The van der Waals surface area contributed by atoms with Crippen LogP contribution in [0, 0.1) is 0 Å². The Labute approximate surface area is 188 Å². The molecule has 2 aromatic heterocycles. The number of hydrogen-bond acceptors (Lipinski definition) is 6. The van der Waals surface area contributed by atoms with Gasteiger partial charge in [-0.15, -0.1) is 10.2 Å². The minimum absolute atomic E-state index is 0.0240. The van der Waals surface area contributed by atoms with Crippen molar-refractivity contribution in [1.29, 1.82) is 0 Å². The van der Waals surface area contributed by atoms with Crippen molar-refractivity contribution in [2.75, 3.05) is 16.8 Å². The van der Waals surface area contributed by atoms with Crippen LogP contribution < -0.4 is 10.2 Å². The molecule has 160 valence electrons. The summed E-state index contributed by atoms with van der Waals surface area (Å²) in [5.41, 5.74) is 2.17. The third-order valence-electron chi connectivity index (χ3n) is 5.06. The van der Waals surface area contributed by atoms with E-state index in [9.17, 15) is 9.59 Å². The average molecular weight is 446 g/mol. The van der Waals surface area contributed by atoms with E-state index in [1.807, 2.05) is 59.2 Å². The summed E-state index contributed by atoms with van der Waals surface area (Å²) in [6, 6.07) is 20.5. The standard InChI is InChI=1S/C23H19N5O3S/c1-15(22(30)27-14-20(29)24-17-10-5-6-11-18(17)27)32-23-26-25-21(19-12-7-13-31-19)28(23)16-8-3-2-4-9-16/h2-13,15H,14H2,1H3,(H,24,29)/t15-/m1/s1. The van der Waals surface area contributed by atoms with Crippen LogP contribution in [0.1, 0.15) is 6.92 Å². The number of thioether (sulfide) groups is 1. The minimum atomic E-state index is -0.509. The molecule has 3 heterocycles. The van der Waals surface area contributed by atoms with Gasteiger partial charge in [0.25, 0.3) is 0 Å². The lowest BCUT2D eigenvalue weighted by atomic mass is 10.2. The summed E-state index contributed by atoms with van der Waals surface area (Å²) in [6.07, 6.45) is 1.58. The summed E-state index contributed by atoms with van der Waals surface area (Å²) < 4.78 is 7.41. The molecule has 0 aliphatic carbocycles. The van der Waals surface area contributed by atoms with Gasteiger partial charge in [-0.25, -0.2) is 0 Å². The molecule has 1 atom stereocenters. The van der Waals surface area contributed by atoms with Crippen LogP contribution in [0.5, 0.6) is 0 Å². The molecule has 9 heteroatoms. The Balaban J connectivity index is 1.47. The number of aromatic nitrogens is 3. The van der Waals surface area contributed by atoms with Crippen LogP contribution in [0.4, 0.5) is 11.4 Å². The van der Waals surface area contributed by atoms with Crippen LogP contribution in [-0.2, 0) is 9.59 Å². The van der Waals surface area contributed by atoms with Crippen LogP contribution in [0.25, 0.3) is 17.3 Å². The van der Waals surface area contributed by atoms with Gasteiger partial charge in [0, 0.05) is 5.69 Å². The molecule has 8 nitrogen and oxygen atoms in total. The molecule has 2 aromatic carbocycles. The molecule has 32 heavy (non-hydrogen) atoms. The van der Waals surface area contributed by atoms with Crippen molar-refractivity contribution in [2.45, 2.75) is 17.3 Å². The molecule has 2 amide bonds. The van der Waals surface area contributed by atoms with Crippen LogP contribution >= 0.6 is 11.8 Å². The molecule has 0 unspecified atom stereocenters. The van der Waals surface area contributed by atoms with E-state index in [4.69, 9.17) is 4.42 Å². The van der Waals surface area contributed by atoms with E-state index in [0.29, 0.717) is 28.1 Å². The van der Waals surface area contributed by atoms with Crippen molar-refractivity contribution in [1.82, 2.24) is 14.8 Å². The lowest BCUT2D eigenvalue weighted by molar-refractivity contribution is -0.121. The maximum atomic E-state index is 13.3. The van der Waals surface area contributed by atoms with Gasteiger partial charge in [-0.2, -0.15) is 0 Å². The first-order chi connectivity index (χ1) is 15.6. The van der Waals surface area contributed by atoms with E-state index < -0.39 is 5.25 Å². The Morgan fingerprint density at radius 2 is 1.84 bits per heavy atom. The van der Waals surface area contributed by atoms with Gasteiger partial charge in [0.1, 0.15) is 6.54 Å². The molecule has 0 fully saturated rings. The van der Waals surface area contributed by atoms with Crippen LogP contribution in [0.15, 0.2) is 82.6 Å². The highest BCUT2D eigenvalue weighted by atomic mass is 32.2. The fraction of sp³-hybridized carbons (Fsp3) is 0.130. The molecule has 0 bridgehead atoms. The van der Waals surface area contributed by atoms with E-state index in [0.717, 1.165) is 5.69 Å². The number of carbonyl (C=O) groups is 2. The molecule has 0 saturated carbocycles. The van der Waals surface area contributed by atoms with Crippen molar-refractivity contribution in [2.24, 2.45) is 0 Å². The normalized spacial score (nSPS) is 14.0. The fourth-order valence-electron chi connectivity index (χ4n) is 3.58. The molecule has 4 aromatic rings. The van der Waals surface area contributed by atoms with Crippen LogP contribution in [-0.4, -0.2) is 38.4 Å². The number of hydrogen-bond donors (Lipinski definition) is 1. The number of amides is 2. The maximum absolute atomic E-state index is 13.3. The van der Waals surface area contributed by atoms with E-state index in [-0.39, 0.29) is 18.4 Å². The summed E-state index contributed by atoms with van der Waals surface area (Å²) in [7, 11) is 0. The Morgan fingerprint density at radius 1 is 1.06 bits per heavy atom. The number of benzene rings is 2. The molecule has 0 radical (unpaired) electrons. The number of fused-ring (bicyclic) bond motifs is 1. The third-order valence-corrected chi connectivity index (χ3v) is 6.09. The summed E-state index contributed by atoms with van der Waals surface area (Å²) in [5.74, 6) is 0.723. The molecular weight excluding hydrogens is 426 g/mol. The lowest BCUT2D eigenvalue weighted by Gasteiger charge is -2.30. The Kier molecular flexibility index (Phi) is 5.24. The second-order valence-corrected chi connectivity index (χ2v) is 8.51. The SMILES string of the molecule is C[C@@H](Sc1nnc(-c2ccco2)n1-c1ccccc1)C(=O)N1CC(=O)Nc2ccccc21. The zero-order chi connectivity index (χ0) is 22.1. The van der Waals surface area contributed by atoms with Gasteiger partial charge in [0.15, 0.2) is 10.9 Å². The highest BCUT2D eigenvalue weighted by Crippen LogP contribution is 2.34. The topological polar surface area (TPSA) is 93.3 Å². The monoisotopic (exact) mass is 445 g/mol. The predicted molar refractivity (Wildman–Crippen MR) is 122 cm³/mol. The number of carbonyl (C=O) groups excluding carboxylic acids is 2. The van der Waals surface area contributed by atoms with Gasteiger partial charge < -0.3 is 9.73 Å². The zero-order valence-corrected chi connectivity index (χ0v) is 18.0. The van der Waals surface area contributed by atoms with E-state index in [1.54, 1.807) is 25.3 Å². The number of rotatable bonds is 5. The number of nitrogens with zero attached hydrogens (tertiary/aromatic N) is 4. The fourth-order valence-corrected chi connectivity index (χ4v) is 4.51. The highest BCUT2D eigenvalue weighted by molar-refractivity contribution is 8.00. The molecule has 5 rings (SSSR count). The van der Waals surface area contributed by atoms with Crippen molar-refractivity contribution in [3.8, 4) is 17.3 Å². The average Bonchev–Trinajstić information content (AvgIpc) is 3.48. The maximum Gasteiger partial charge on any atom is 0.244 e. The molecule has 0 saturated heterocycles. The Hall–Kier alpha value is -3.85. The predicted octanol–water partition coefficient (Wildman–Crippen LogP) is 3.99. The quantitative estimate of drug-likeness (QED) is 0.467. The minimum Gasteiger partial charge on any atom is -0.461 e. The number of anilines is 2. The highest BCUT2D eigenvalue weighted by Gasteiger charge is 2.31. The first-order valence-corrected chi connectivity index (χ1v) is 10.9. The summed E-state index contributed by atoms with van der Waals surface area (Å²) >= 11 is 1.29. The summed E-state index contributed by atoms with van der Waals surface area (Å²) in [5, 5.41) is 11.5.